The van der Waals surface area contributed by atoms with Crippen LogP contribution in [0.3, 0.4) is 0 Å². The van der Waals surface area contributed by atoms with Gasteiger partial charge in [-0.15, -0.1) is 11.6 Å². The number of hydrogen-bond acceptors (Lipinski definition) is 4. The zero-order chi connectivity index (χ0) is 16.5. The summed E-state index contributed by atoms with van der Waals surface area (Å²) in [6.45, 7) is 4.58. The van der Waals surface area contributed by atoms with Crippen LogP contribution < -0.4 is 16.4 Å². The smallest absolute Gasteiger partial charge is 0.237 e. The standard InChI is InChI=1S/C15H24ClN3O3/c1-8(2)5-10(17)13(21)19-12(11(20)7-16)9-6-15(9)3-4-18-14(15)22/h8-10,12H,3-7,17H2,1-2H3,(H,18,22)(H,19,21)/t9?,10-,12-,15-/m0/s1. The summed E-state index contributed by atoms with van der Waals surface area (Å²) in [5.74, 6) is -0.692. The van der Waals surface area contributed by atoms with E-state index < -0.39 is 17.5 Å². The highest BCUT2D eigenvalue weighted by Crippen LogP contribution is 2.59. The number of ketones is 1. The van der Waals surface area contributed by atoms with E-state index in [1.165, 1.54) is 0 Å². The van der Waals surface area contributed by atoms with Gasteiger partial charge >= 0.3 is 0 Å². The quantitative estimate of drug-likeness (QED) is 0.580. The maximum atomic E-state index is 12.2. The molecule has 1 saturated heterocycles. The number of halogens is 1. The Hall–Kier alpha value is -1.14. The lowest BCUT2D eigenvalue weighted by molar-refractivity contribution is -0.129. The van der Waals surface area contributed by atoms with Gasteiger partial charge in [0.15, 0.2) is 5.78 Å². The Labute approximate surface area is 135 Å². The number of alkyl halides is 1. The fourth-order valence-corrected chi connectivity index (χ4v) is 3.54. The number of nitrogens with one attached hydrogen (secondary N) is 2. The molecule has 6 nitrogen and oxygen atoms in total. The van der Waals surface area contributed by atoms with Gasteiger partial charge in [-0.1, -0.05) is 13.8 Å². The van der Waals surface area contributed by atoms with Crippen LogP contribution in [0.25, 0.3) is 0 Å². The Kier molecular flexibility index (Phi) is 5.12. The molecule has 124 valence electrons. The highest BCUT2D eigenvalue weighted by molar-refractivity contribution is 6.28. The number of amides is 2. The van der Waals surface area contributed by atoms with Crippen LogP contribution in [0.2, 0.25) is 0 Å². The van der Waals surface area contributed by atoms with Gasteiger partial charge in [-0.05, 0) is 25.2 Å². The molecule has 22 heavy (non-hydrogen) atoms. The summed E-state index contributed by atoms with van der Waals surface area (Å²) >= 11 is 5.66. The van der Waals surface area contributed by atoms with Gasteiger partial charge in [0.1, 0.15) is 0 Å². The number of Topliss-reactive ketones (excluding diaryl/α,β-unsaturated/α-hetero) is 1. The average Bonchev–Trinajstić information content (AvgIpc) is 3.06. The van der Waals surface area contributed by atoms with Crippen molar-refractivity contribution in [2.45, 2.75) is 45.2 Å². The third-order valence-electron chi connectivity index (χ3n) is 4.68. The third-order valence-corrected chi connectivity index (χ3v) is 4.95. The van der Waals surface area contributed by atoms with Crippen LogP contribution in [0.5, 0.6) is 0 Å². The van der Waals surface area contributed by atoms with E-state index in [2.05, 4.69) is 10.6 Å². The maximum absolute atomic E-state index is 12.2. The molecule has 2 aliphatic rings. The molecule has 1 unspecified atom stereocenters. The van der Waals surface area contributed by atoms with Crippen molar-refractivity contribution in [1.29, 1.82) is 0 Å². The van der Waals surface area contributed by atoms with Gasteiger partial charge in [0.2, 0.25) is 11.8 Å². The topological polar surface area (TPSA) is 101 Å². The first-order valence-electron chi connectivity index (χ1n) is 7.74. The molecule has 1 saturated carbocycles. The molecule has 1 heterocycles. The Balaban J connectivity index is 2.04. The van der Waals surface area contributed by atoms with Crippen molar-refractivity contribution in [1.82, 2.24) is 10.6 Å². The van der Waals surface area contributed by atoms with Crippen LogP contribution in [0, 0.1) is 17.3 Å². The average molecular weight is 330 g/mol. The van der Waals surface area contributed by atoms with Crippen molar-refractivity contribution in [2.75, 3.05) is 12.4 Å². The fraction of sp³-hybridized carbons (Fsp3) is 0.800. The number of rotatable bonds is 7. The van der Waals surface area contributed by atoms with E-state index in [0.29, 0.717) is 25.8 Å². The van der Waals surface area contributed by atoms with Crippen molar-refractivity contribution in [2.24, 2.45) is 23.0 Å². The lowest BCUT2D eigenvalue weighted by atomic mass is 9.95. The van der Waals surface area contributed by atoms with Crippen LogP contribution in [0.4, 0.5) is 0 Å². The fourth-order valence-electron chi connectivity index (χ4n) is 3.37. The summed E-state index contributed by atoms with van der Waals surface area (Å²) in [6, 6.07) is -1.37. The molecular weight excluding hydrogens is 306 g/mol. The normalized spacial score (nSPS) is 29.3. The lowest BCUT2D eigenvalue weighted by Crippen LogP contribution is -2.51. The number of hydrogen-bond donors (Lipinski definition) is 3. The van der Waals surface area contributed by atoms with Gasteiger partial charge in [-0.3, -0.25) is 14.4 Å². The van der Waals surface area contributed by atoms with Gasteiger partial charge < -0.3 is 16.4 Å². The molecule has 4 atom stereocenters. The molecule has 0 bridgehead atoms. The Morgan fingerprint density at radius 2 is 2.18 bits per heavy atom. The van der Waals surface area contributed by atoms with Gasteiger partial charge in [0.25, 0.3) is 0 Å². The van der Waals surface area contributed by atoms with E-state index in [1.807, 2.05) is 13.8 Å². The minimum Gasteiger partial charge on any atom is -0.356 e. The zero-order valence-electron chi connectivity index (χ0n) is 13.0. The molecule has 0 aromatic heterocycles. The molecule has 2 amide bonds. The second-order valence-electron chi connectivity index (χ2n) is 6.79. The molecule has 0 aromatic rings. The van der Waals surface area contributed by atoms with Crippen molar-refractivity contribution < 1.29 is 14.4 Å². The van der Waals surface area contributed by atoms with Gasteiger partial charge in [-0.25, -0.2) is 0 Å². The second kappa shape index (κ2) is 6.54. The largest absolute Gasteiger partial charge is 0.356 e. The molecule has 4 N–H and O–H groups in total. The predicted molar refractivity (Wildman–Crippen MR) is 83.3 cm³/mol. The SMILES string of the molecule is CC(C)C[C@H](N)C(=O)N[C@H](C(=O)CCl)C1C[C@@]12CCNC2=O. The first-order valence-corrected chi connectivity index (χ1v) is 8.28. The predicted octanol–water partition coefficient (Wildman–Crippen LogP) is 0.179. The van der Waals surface area contributed by atoms with Crippen molar-refractivity contribution in [3.05, 3.63) is 0 Å². The summed E-state index contributed by atoms with van der Waals surface area (Å²) in [4.78, 5) is 36.3. The number of carbonyl (C=O) groups excluding carboxylic acids is 3. The Morgan fingerprint density at radius 1 is 1.50 bits per heavy atom. The van der Waals surface area contributed by atoms with Gasteiger partial charge in [0.05, 0.1) is 23.4 Å². The number of nitrogens with two attached hydrogens (primary N) is 1. The highest BCUT2D eigenvalue weighted by Gasteiger charge is 2.65. The molecule has 1 aliphatic carbocycles. The summed E-state index contributed by atoms with van der Waals surface area (Å²) in [5.41, 5.74) is 5.37. The lowest BCUT2D eigenvalue weighted by Gasteiger charge is -2.21. The van der Waals surface area contributed by atoms with E-state index in [-0.39, 0.29) is 35.3 Å². The number of carbonyl (C=O) groups is 3. The molecule has 7 heteroatoms. The Morgan fingerprint density at radius 3 is 2.68 bits per heavy atom. The first kappa shape index (κ1) is 17.2. The minimum atomic E-state index is -0.716. The van der Waals surface area contributed by atoms with Crippen LogP contribution in [0.15, 0.2) is 0 Å². The third kappa shape index (κ3) is 3.27. The van der Waals surface area contributed by atoms with Gasteiger partial charge in [0, 0.05) is 12.5 Å². The summed E-state index contributed by atoms with van der Waals surface area (Å²) in [7, 11) is 0. The summed E-state index contributed by atoms with van der Waals surface area (Å²) < 4.78 is 0. The van der Waals surface area contributed by atoms with Crippen LogP contribution >= 0.6 is 11.6 Å². The van der Waals surface area contributed by atoms with E-state index >= 15 is 0 Å². The highest BCUT2D eigenvalue weighted by atomic mass is 35.5. The molecular formula is C15H24ClN3O3. The molecule has 0 aromatic carbocycles. The monoisotopic (exact) mass is 329 g/mol. The van der Waals surface area contributed by atoms with Crippen molar-refractivity contribution in [3.8, 4) is 0 Å². The van der Waals surface area contributed by atoms with Crippen molar-refractivity contribution in [3.63, 3.8) is 0 Å². The van der Waals surface area contributed by atoms with E-state index in [1.54, 1.807) is 0 Å². The van der Waals surface area contributed by atoms with E-state index in [9.17, 15) is 14.4 Å². The maximum Gasteiger partial charge on any atom is 0.237 e. The molecule has 2 fully saturated rings. The molecule has 0 radical (unpaired) electrons. The van der Waals surface area contributed by atoms with Crippen LogP contribution in [-0.4, -0.2) is 42.1 Å². The van der Waals surface area contributed by atoms with E-state index in [0.717, 1.165) is 0 Å². The van der Waals surface area contributed by atoms with Crippen LogP contribution in [-0.2, 0) is 14.4 Å². The summed E-state index contributed by atoms with van der Waals surface area (Å²) in [6.07, 6.45) is 1.87. The minimum absolute atomic E-state index is 0.0226. The van der Waals surface area contributed by atoms with Crippen molar-refractivity contribution >= 4 is 29.2 Å². The first-order chi connectivity index (χ1) is 10.3. The van der Waals surface area contributed by atoms with E-state index in [4.69, 9.17) is 17.3 Å². The zero-order valence-corrected chi connectivity index (χ0v) is 13.8. The van der Waals surface area contributed by atoms with Crippen LogP contribution in [0.1, 0.15) is 33.1 Å². The Bertz CT molecular complexity index is 483. The second-order valence-corrected chi connectivity index (χ2v) is 7.06. The molecule has 1 spiro atoms. The molecule has 2 rings (SSSR count). The van der Waals surface area contributed by atoms with Gasteiger partial charge in [-0.2, -0.15) is 0 Å². The summed E-state index contributed by atoms with van der Waals surface area (Å²) in [5, 5.41) is 5.52. The molecule has 1 aliphatic heterocycles.